The molecule has 8 heteroatoms. The van der Waals surface area contributed by atoms with Crippen molar-refractivity contribution >= 4 is 23.5 Å². The van der Waals surface area contributed by atoms with Gasteiger partial charge in [-0.3, -0.25) is 4.79 Å². The summed E-state index contributed by atoms with van der Waals surface area (Å²) in [6.07, 6.45) is 12.4. The first-order chi connectivity index (χ1) is 17.5. The van der Waals surface area contributed by atoms with Crippen molar-refractivity contribution in [2.45, 2.75) is 63.8 Å². The fraction of sp³-hybridized carbons (Fsp3) is 0.607. The number of halogens is 2. The molecule has 2 aliphatic carbocycles. The number of hydrogen-bond acceptors (Lipinski definition) is 5. The van der Waals surface area contributed by atoms with Gasteiger partial charge in [-0.25, -0.2) is 14.4 Å². The molecule has 0 N–H and O–H groups in total. The first-order valence-corrected chi connectivity index (χ1v) is 13.7. The quantitative estimate of drug-likeness (QED) is 0.440. The Bertz CT molecular complexity index is 1040. The zero-order valence-corrected chi connectivity index (χ0v) is 21.8. The van der Waals surface area contributed by atoms with Gasteiger partial charge >= 0.3 is 0 Å². The smallest absolute Gasteiger partial charge is 0.227 e. The number of hydrogen-bond donors (Lipinski definition) is 0. The van der Waals surface area contributed by atoms with Crippen molar-refractivity contribution in [2.24, 2.45) is 17.8 Å². The van der Waals surface area contributed by atoms with Gasteiger partial charge in [-0.2, -0.15) is 0 Å². The Labute approximate surface area is 218 Å². The minimum atomic E-state index is -0.360. The number of likely N-dealkylation sites (N-methyl/N-ethyl adjacent to an activating group) is 1. The van der Waals surface area contributed by atoms with Crippen molar-refractivity contribution in [1.82, 2.24) is 14.9 Å². The van der Waals surface area contributed by atoms with Crippen LogP contribution in [0.1, 0.15) is 56.9 Å². The Hall–Kier alpha value is -2.41. The molecule has 6 nitrogen and oxygen atoms in total. The summed E-state index contributed by atoms with van der Waals surface area (Å²) in [5.74, 6) is 3.14. The molecule has 0 radical (unpaired) electrons. The number of anilines is 1. The third kappa shape index (κ3) is 6.10. The third-order valence-corrected chi connectivity index (χ3v) is 8.60. The summed E-state index contributed by atoms with van der Waals surface area (Å²) in [7, 11) is 1.84. The van der Waals surface area contributed by atoms with E-state index < -0.39 is 0 Å². The maximum atomic E-state index is 14.7. The van der Waals surface area contributed by atoms with E-state index in [4.69, 9.17) is 16.3 Å². The summed E-state index contributed by atoms with van der Waals surface area (Å²) in [6.45, 7) is 2.56. The van der Waals surface area contributed by atoms with Crippen LogP contribution in [-0.2, 0) is 11.2 Å². The maximum absolute atomic E-state index is 14.7. The van der Waals surface area contributed by atoms with Gasteiger partial charge in [-0.15, -0.1) is 0 Å². The van der Waals surface area contributed by atoms with E-state index in [1.807, 2.05) is 7.05 Å². The largest absolute Gasteiger partial charge is 0.493 e. The van der Waals surface area contributed by atoms with Crippen molar-refractivity contribution in [2.75, 3.05) is 31.6 Å². The lowest BCUT2D eigenvalue weighted by Gasteiger charge is -2.32. The molecular weight excluding hydrogens is 479 g/mol. The van der Waals surface area contributed by atoms with Crippen molar-refractivity contribution in [1.29, 1.82) is 0 Å². The predicted octanol–water partition coefficient (Wildman–Crippen LogP) is 5.53. The van der Waals surface area contributed by atoms with Crippen LogP contribution in [0.5, 0.6) is 5.75 Å². The van der Waals surface area contributed by atoms with Gasteiger partial charge in [-0.05, 0) is 67.9 Å². The highest BCUT2D eigenvalue weighted by atomic mass is 35.5. The Morgan fingerprint density at radius 1 is 1.17 bits per heavy atom. The zero-order valence-electron chi connectivity index (χ0n) is 21.0. The molecule has 1 amide bonds. The number of ether oxygens (including phenoxy) is 1. The van der Waals surface area contributed by atoms with E-state index in [-0.39, 0.29) is 18.1 Å². The maximum Gasteiger partial charge on any atom is 0.227 e. The second-order valence-corrected chi connectivity index (χ2v) is 11.1. The molecular formula is C28H36ClFN4O2. The molecule has 3 fully saturated rings. The summed E-state index contributed by atoms with van der Waals surface area (Å²) in [5, 5.41) is 0.563. The average molecular weight is 515 g/mol. The molecule has 1 unspecified atom stereocenters. The van der Waals surface area contributed by atoms with Gasteiger partial charge in [0.25, 0.3) is 0 Å². The fourth-order valence-corrected chi connectivity index (χ4v) is 6.15. The zero-order chi connectivity index (χ0) is 25.1. The Morgan fingerprint density at radius 3 is 2.58 bits per heavy atom. The normalized spacial score (nSPS) is 22.6. The van der Waals surface area contributed by atoms with Gasteiger partial charge < -0.3 is 14.5 Å². The molecule has 2 aromatic rings. The lowest BCUT2D eigenvalue weighted by molar-refractivity contribution is -0.131. The van der Waals surface area contributed by atoms with Crippen LogP contribution in [0.25, 0.3) is 0 Å². The van der Waals surface area contributed by atoms with Crippen molar-refractivity contribution in [3.8, 4) is 5.75 Å². The average Bonchev–Trinajstić information content (AvgIpc) is 3.44. The van der Waals surface area contributed by atoms with Gasteiger partial charge in [0.15, 0.2) is 0 Å². The molecule has 2 saturated carbocycles. The number of carbonyl (C=O) groups excluding carboxylic acids is 1. The topological polar surface area (TPSA) is 58.6 Å². The molecule has 1 aromatic heterocycles. The molecule has 36 heavy (non-hydrogen) atoms. The highest BCUT2D eigenvalue weighted by molar-refractivity contribution is 6.30. The van der Waals surface area contributed by atoms with Crippen molar-refractivity contribution in [3.05, 3.63) is 47.0 Å². The molecule has 2 heterocycles. The molecule has 194 valence electrons. The number of amides is 1. The summed E-state index contributed by atoms with van der Waals surface area (Å²) in [5.41, 5.74) is 0.440. The van der Waals surface area contributed by atoms with Crippen LogP contribution < -0.4 is 9.64 Å². The fourth-order valence-electron chi connectivity index (χ4n) is 6.05. The molecule has 5 rings (SSSR count). The number of nitrogens with zero attached hydrogens (tertiary/aromatic N) is 4. The molecule has 0 bridgehead atoms. The van der Waals surface area contributed by atoms with Crippen LogP contribution in [0.15, 0.2) is 30.6 Å². The minimum Gasteiger partial charge on any atom is -0.493 e. The van der Waals surface area contributed by atoms with Crippen LogP contribution in [0.4, 0.5) is 10.3 Å². The van der Waals surface area contributed by atoms with E-state index in [2.05, 4.69) is 14.9 Å². The number of aromatic nitrogens is 2. The van der Waals surface area contributed by atoms with Crippen molar-refractivity contribution < 1.29 is 13.9 Å². The lowest BCUT2D eigenvalue weighted by Crippen LogP contribution is -2.36. The Morgan fingerprint density at radius 2 is 1.89 bits per heavy atom. The van der Waals surface area contributed by atoms with Crippen LogP contribution in [-0.4, -0.2) is 53.6 Å². The van der Waals surface area contributed by atoms with Crippen LogP contribution in [0, 0.1) is 23.6 Å². The molecule has 2 atom stereocenters. The van der Waals surface area contributed by atoms with Crippen molar-refractivity contribution in [3.63, 3.8) is 0 Å². The first-order valence-electron chi connectivity index (χ1n) is 13.4. The Kier molecular flexibility index (Phi) is 7.94. The van der Waals surface area contributed by atoms with E-state index in [1.54, 1.807) is 29.4 Å². The van der Waals surface area contributed by atoms with Gasteiger partial charge in [0.05, 0.1) is 30.4 Å². The second-order valence-electron chi connectivity index (χ2n) is 10.7. The number of benzene rings is 1. The van der Waals surface area contributed by atoms with Crippen LogP contribution in [0.2, 0.25) is 5.02 Å². The molecule has 0 spiro atoms. The summed E-state index contributed by atoms with van der Waals surface area (Å²) >= 11 is 5.90. The predicted molar refractivity (Wildman–Crippen MR) is 139 cm³/mol. The molecule has 3 aliphatic rings. The highest BCUT2D eigenvalue weighted by Crippen LogP contribution is 2.49. The first kappa shape index (κ1) is 25.2. The highest BCUT2D eigenvalue weighted by Gasteiger charge is 2.43. The summed E-state index contributed by atoms with van der Waals surface area (Å²) in [6, 6.07) is 5.22. The van der Waals surface area contributed by atoms with Gasteiger partial charge in [0.1, 0.15) is 11.6 Å². The Balaban J connectivity index is 1.02. The molecule has 1 aliphatic heterocycles. The summed E-state index contributed by atoms with van der Waals surface area (Å²) in [4.78, 5) is 25.3. The standard InChI is InChI=1S/C28H36ClFN4O2/c1-33(23-4-2-3-5-23)27(35)15-21-6-7-24(16-26(21)30)36-13-10-20-14-25(20)19-8-11-34(12-9-19)28-31-17-22(29)18-32-28/h6-7,16-20,23,25H,2-5,8-15H2,1H3/t20-,25?/m1/s1. The van der Waals surface area contributed by atoms with E-state index in [1.165, 1.54) is 25.3 Å². The monoisotopic (exact) mass is 514 g/mol. The lowest BCUT2D eigenvalue weighted by atomic mass is 9.90. The van der Waals surface area contributed by atoms with Crippen LogP contribution in [0.3, 0.4) is 0 Å². The van der Waals surface area contributed by atoms with E-state index in [0.29, 0.717) is 34.9 Å². The number of carbonyl (C=O) groups is 1. The third-order valence-electron chi connectivity index (χ3n) is 8.40. The molecule has 1 saturated heterocycles. The number of piperidine rings is 1. The summed E-state index contributed by atoms with van der Waals surface area (Å²) < 4.78 is 20.5. The second kappa shape index (κ2) is 11.3. The molecule has 1 aromatic carbocycles. The van der Waals surface area contributed by atoms with Gasteiger partial charge in [-0.1, -0.05) is 30.5 Å². The SMILES string of the molecule is CN(C(=O)Cc1ccc(OCC[C@@H]2CC2C2CCN(c3ncc(Cl)cn3)CC2)cc1F)C1CCCC1. The van der Waals surface area contributed by atoms with Gasteiger partial charge in [0.2, 0.25) is 11.9 Å². The van der Waals surface area contributed by atoms with Crippen LogP contribution >= 0.6 is 11.6 Å². The number of rotatable bonds is 9. The van der Waals surface area contributed by atoms with E-state index in [0.717, 1.165) is 63.0 Å². The van der Waals surface area contributed by atoms with E-state index >= 15 is 0 Å². The minimum absolute atomic E-state index is 0.0132. The van der Waals surface area contributed by atoms with Gasteiger partial charge in [0, 0.05) is 32.2 Å². The van der Waals surface area contributed by atoms with E-state index in [9.17, 15) is 9.18 Å².